The summed E-state index contributed by atoms with van der Waals surface area (Å²) < 4.78 is 12.8. The Morgan fingerprint density at radius 1 is 1.16 bits per heavy atom. The van der Waals surface area contributed by atoms with Crippen molar-refractivity contribution in [3.05, 3.63) is 64.7 Å². The number of carbonyl (C=O) groups excluding carboxylic acids is 1. The van der Waals surface area contributed by atoms with Crippen LogP contribution in [0.4, 0.5) is 0 Å². The number of ether oxygens (including phenoxy) is 2. The molecule has 7 nitrogen and oxygen atoms in total. The lowest BCUT2D eigenvalue weighted by atomic mass is 9.97. The molecular weight excluding hydrogens is 424 g/mol. The van der Waals surface area contributed by atoms with Crippen LogP contribution in [0, 0.1) is 0 Å². The van der Waals surface area contributed by atoms with Crippen molar-refractivity contribution >= 4 is 22.9 Å². The second kappa shape index (κ2) is 8.63. The van der Waals surface area contributed by atoms with Crippen LogP contribution in [-0.2, 0) is 0 Å². The van der Waals surface area contributed by atoms with Crippen LogP contribution in [0.3, 0.4) is 0 Å². The van der Waals surface area contributed by atoms with E-state index in [0.29, 0.717) is 18.0 Å². The molecule has 8 heteroatoms. The summed E-state index contributed by atoms with van der Waals surface area (Å²) in [5.41, 5.74) is 3.43. The van der Waals surface area contributed by atoms with Gasteiger partial charge in [0.25, 0.3) is 5.91 Å². The van der Waals surface area contributed by atoms with Gasteiger partial charge in [-0.3, -0.25) is 4.79 Å². The molecule has 0 N–H and O–H groups in total. The van der Waals surface area contributed by atoms with E-state index >= 15 is 0 Å². The number of thiophene rings is 1. The lowest BCUT2D eigenvalue weighted by Gasteiger charge is -2.31. The summed E-state index contributed by atoms with van der Waals surface area (Å²) in [4.78, 5) is 19.5. The van der Waals surface area contributed by atoms with Gasteiger partial charge in [0, 0.05) is 41.7 Å². The van der Waals surface area contributed by atoms with Crippen LogP contribution in [0.2, 0.25) is 0 Å². The van der Waals surface area contributed by atoms with Gasteiger partial charge in [-0.1, -0.05) is 12.1 Å². The Morgan fingerprint density at radius 3 is 2.84 bits per heavy atom. The maximum atomic E-state index is 12.8. The van der Waals surface area contributed by atoms with E-state index in [2.05, 4.69) is 0 Å². The van der Waals surface area contributed by atoms with E-state index in [-0.39, 0.29) is 11.8 Å². The van der Waals surface area contributed by atoms with Gasteiger partial charge in [0.2, 0.25) is 0 Å². The first-order valence-electron chi connectivity index (χ1n) is 10.6. The van der Waals surface area contributed by atoms with E-state index < -0.39 is 0 Å². The minimum Gasteiger partial charge on any atom is -0.493 e. The summed E-state index contributed by atoms with van der Waals surface area (Å²) >= 11 is 1.54. The Labute approximate surface area is 190 Å². The van der Waals surface area contributed by atoms with Crippen molar-refractivity contribution in [1.29, 1.82) is 0 Å². The number of aromatic nitrogens is 3. The second-order valence-electron chi connectivity index (χ2n) is 7.83. The molecule has 0 spiro atoms. The first-order valence-corrected chi connectivity index (χ1v) is 11.5. The van der Waals surface area contributed by atoms with Gasteiger partial charge in [-0.15, -0.1) is 0 Å². The van der Waals surface area contributed by atoms with Crippen molar-refractivity contribution in [2.75, 3.05) is 27.3 Å². The van der Waals surface area contributed by atoms with Gasteiger partial charge in [-0.2, -0.15) is 16.4 Å². The molecule has 1 fully saturated rings. The number of hydrogen-bond acceptors (Lipinski definition) is 6. The monoisotopic (exact) mass is 448 g/mol. The lowest BCUT2D eigenvalue weighted by molar-refractivity contribution is 0.0705. The van der Waals surface area contributed by atoms with Crippen molar-refractivity contribution in [2.45, 2.75) is 18.8 Å². The third kappa shape index (κ3) is 3.71. The Kier molecular flexibility index (Phi) is 5.53. The fraction of sp³-hybridized carbons (Fsp3) is 0.292. The number of carbonyl (C=O) groups is 1. The van der Waals surface area contributed by atoms with E-state index in [1.807, 2.05) is 62.8 Å². The van der Waals surface area contributed by atoms with Gasteiger partial charge < -0.3 is 14.4 Å². The molecule has 0 saturated carbocycles. The number of hydrogen-bond donors (Lipinski definition) is 0. The van der Waals surface area contributed by atoms with Gasteiger partial charge in [-0.25, -0.2) is 9.50 Å². The summed E-state index contributed by atoms with van der Waals surface area (Å²) in [7, 11) is 3.27. The van der Waals surface area contributed by atoms with Gasteiger partial charge in [-0.05, 0) is 42.5 Å². The number of methoxy groups -OCH3 is 2. The largest absolute Gasteiger partial charge is 0.493 e. The summed E-state index contributed by atoms with van der Waals surface area (Å²) in [6.45, 7) is 1.42. The molecule has 1 saturated heterocycles. The van der Waals surface area contributed by atoms with Gasteiger partial charge in [0.1, 0.15) is 0 Å². The highest BCUT2D eigenvalue weighted by atomic mass is 32.1. The zero-order valence-corrected chi connectivity index (χ0v) is 18.8. The van der Waals surface area contributed by atoms with E-state index in [1.165, 1.54) is 0 Å². The summed E-state index contributed by atoms with van der Waals surface area (Å²) in [5.74, 6) is 2.36. The minimum atomic E-state index is 0.0899. The number of rotatable bonds is 5. The standard InChI is InChI=1S/C24H24N4O3S/c1-30-20-7-3-6-19(22(20)31-2)16-8-9-21-25-23(26-28(21)14-16)17-5-4-11-27(13-17)24(29)18-10-12-32-15-18/h3,6-10,12,14-15,17H,4-5,11,13H2,1-2H3/t17-/m1/s1. The number of amides is 1. The predicted molar refractivity (Wildman–Crippen MR) is 124 cm³/mol. The van der Waals surface area contributed by atoms with Crippen LogP contribution in [0.1, 0.15) is 34.9 Å². The van der Waals surface area contributed by atoms with E-state index in [1.54, 1.807) is 25.6 Å². The molecular formula is C24H24N4O3S. The maximum Gasteiger partial charge on any atom is 0.254 e. The summed E-state index contributed by atoms with van der Waals surface area (Å²) in [6.07, 6.45) is 3.88. The number of likely N-dealkylation sites (tertiary alicyclic amines) is 1. The van der Waals surface area contributed by atoms with Crippen LogP contribution in [0.25, 0.3) is 16.8 Å². The second-order valence-corrected chi connectivity index (χ2v) is 8.61. The summed E-state index contributed by atoms with van der Waals surface area (Å²) in [6, 6.07) is 11.7. The van der Waals surface area contributed by atoms with Crippen molar-refractivity contribution < 1.29 is 14.3 Å². The molecule has 0 aliphatic carbocycles. The van der Waals surface area contributed by atoms with Crippen LogP contribution in [-0.4, -0.2) is 52.7 Å². The number of para-hydroxylation sites is 1. The summed E-state index contributed by atoms with van der Waals surface area (Å²) in [5, 5.41) is 8.62. The molecule has 0 radical (unpaired) electrons. The molecule has 4 heterocycles. The van der Waals surface area contributed by atoms with Gasteiger partial charge in [0.05, 0.1) is 19.8 Å². The van der Waals surface area contributed by atoms with Crippen molar-refractivity contribution in [3.8, 4) is 22.6 Å². The Bertz CT molecular complexity index is 1250. The van der Waals surface area contributed by atoms with Crippen molar-refractivity contribution in [3.63, 3.8) is 0 Å². The molecule has 0 unspecified atom stereocenters. The highest BCUT2D eigenvalue weighted by Crippen LogP contribution is 2.37. The maximum absolute atomic E-state index is 12.8. The first kappa shape index (κ1) is 20.5. The molecule has 32 heavy (non-hydrogen) atoms. The topological polar surface area (TPSA) is 69.0 Å². The van der Waals surface area contributed by atoms with Crippen LogP contribution >= 0.6 is 11.3 Å². The fourth-order valence-corrected chi connectivity index (χ4v) is 4.92. The number of piperidine rings is 1. The third-order valence-corrected chi connectivity index (χ3v) is 6.59. The smallest absolute Gasteiger partial charge is 0.254 e. The van der Waals surface area contributed by atoms with Crippen LogP contribution < -0.4 is 9.47 Å². The minimum absolute atomic E-state index is 0.0899. The van der Waals surface area contributed by atoms with E-state index in [4.69, 9.17) is 19.6 Å². The molecule has 1 amide bonds. The first-order chi connectivity index (χ1) is 15.7. The molecule has 1 aliphatic rings. The highest BCUT2D eigenvalue weighted by Gasteiger charge is 2.28. The van der Waals surface area contributed by atoms with Crippen molar-refractivity contribution in [2.24, 2.45) is 0 Å². The molecule has 5 rings (SSSR count). The number of pyridine rings is 1. The Hall–Kier alpha value is -3.39. The molecule has 164 valence electrons. The predicted octanol–water partition coefficient (Wildman–Crippen LogP) is 4.49. The molecule has 4 aromatic rings. The quantitative estimate of drug-likeness (QED) is 0.450. The van der Waals surface area contributed by atoms with Crippen LogP contribution in [0.5, 0.6) is 11.5 Å². The SMILES string of the molecule is COc1cccc(-c2ccc3nc([C@@H]4CCCN(C(=O)c5ccsc5)C4)nn3c2)c1OC. The highest BCUT2D eigenvalue weighted by molar-refractivity contribution is 7.08. The molecule has 1 aliphatic heterocycles. The number of fused-ring (bicyclic) bond motifs is 1. The average molecular weight is 449 g/mol. The van der Waals surface area contributed by atoms with Gasteiger partial charge in [0.15, 0.2) is 23.0 Å². The van der Waals surface area contributed by atoms with Crippen molar-refractivity contribution in [1.82, 2.24) is 19.5 Å². The normalized spacial score (nSPS) is 16.3. The zero-order chi connectivity index (χ0) is 22.1. The zero-order valence-electron chi connectivity index (χ0n) is 18.0. The van der Waals surface area contributed by atoms with E-state index in [0.717, 1.165) is 47.5 Å². The fourth-order valence-electron chi connectivity index (χ4n) is 4.29. The molecule has 1 aromatic carbocycles. The molecule has 3 aromatic heterocycles. The lowest BCUT2D eigenvalue weighted by Crippen LogP contribution is -2.39. The number of nitrogens with zero attached hydrogens (tertiary/aromatic N) is 4. The van der Waals surface area contributed by atoms with Gasteiger partial charge >= 0.3 is 0 Å². The third-order valence-electron chi connectivity index (χ3n) is 5.90. The Balaban J connectivity index is 1.43. The van der Waals surface area contributed by atoms with Crippen LogP contribution in [0.15, 0.2) is 53.4 Å². The van der Waals surface area contributed by atoms with E-state index in [9.17, 15) is 4.79 Å². The Morgan fingerprint density at radius 2 is 2.06 bits per heavy atom. The number of benzene rings is 1. The molecule has 1 atom stereocenters. The molecule has 0 bridgehead atoms. The average Bonchev–Trinajstić information content (AvgIpc) is 3.53.